The molecule has 0 saturated heterocycles. The van der Waals surface area contributed by atoms with Crippen LogP contribution in [-0.2, 0) is 0 Å². The fraction of sp³-hybridized carbons (Fsp3) is 0.333. The monoisotopic (exact) mass is 262 g/mol. The van der Waals surface area contributed by atoms with Gasteiger partial charge in [-0.15, -0.1) is 0 Å². The van der Waals surface area contributed by atoms with E-state index < -0.39 is 11.9 Å². The van der Waals surface area contributed by atoms with Gasteiger partial charge in [-0.25, -0.2) is 4.98 Å². The van der Waals surface area contributed by atoms with E-state index in [0.717, 1.165) is 12.8 Å². The maximum atomic E-state index is 13.6. The number of carbonyl (C=O) groups excluding carboxylic acids is 1. The quantitative estimate of drug-likeness (QED) is 0.631. The molecule has 0 aliphatic heterocycles. The summed E-state index contributed by atoms with van der Waals surface area (Å²) in [4.78, 5) is 14.8. The Morgan fingerprint density at radius 2 is 2.21 bits per heavy atom. The molecular weight excluding hydrogens is 243 g/mol. The van der Waals surface area contributed by atoms with Crippen LogP contribution in [0.2, 0.25) is 0 Å². The minimum absolute atomic E-state index is 0.0542. The smallest absolute Gasteiger partial charge is 0.253 e. The highest BCUT2D eigenvalue weighted by molar-refractivity contribution is 5.94. The zero-order chi connectivity index (χ0) is 14.3. The van der Waals surface area contributed by atoms with E-state index in [2.05, 4.69) is 4.98 Å². The number of amides is 1. The largest absolute Gasteiger partial charge is 0.365 e. The number of carbonyl (C=O) groups is 1. The molecule has 1 atom stereocenters. The van der Waals surface area contributed by atoms with Crippen LogP contribution < -0.4 is 5.73 Å². The predicted octanol–water partition coefficient (Wildman–Crippen LogP) is 3.34. The lowest BCUT2D eigenvalue weighted by atomic mass is 9.92. The second-order valence-electron chi connectivity index (χ2n) is 4.17. The van der Waals surface area contributed by atoms with Gasteiger partial charge in [-0.3, -0.25) is 4.79 Å². The van der Waals surface area contributed by atoms with Crippen molar-refractivity contribution in [1.29, 1.82) is 0 Å². The zero-order valence-electron chi connectivity index (χ0n) is 11.3. The van der Waals surface area contributed by atoms with Gasteiger partial charge in [-0.05, 0) is 24.5 Å². The van der Waals surface area contributed by atoms with Gasteiger partial charge in [0, 0.05) is 12.1 Å². The fourth-order valence-corrected chi connectivity index (χ4v) is 1.88. The molecule has 0 spiro atoms. The highest BCUT2D eigenvalue weighted by Crippen LogP contribution is 2.25. The SMILES string of the molecule is CC/C=C/C=C\C(CC)c1ccnc(F)c1C(N)=O. The highest BCUT2D eigenvalue weighted by atomic mass is 19.1. The first-order valence-corrected chi connectivity index (χ1v) is 6.39. The van der Waals surface area contributed by atoms with Gasteiger partial charge >= 0.3 is 0 Å². The first kappa shape index (κ1) is 15.1. The summed E-state index contributed by atoms with van der Waals surface area (Å²) in [5.74, 6) is -1.64. The lowest BCUT2D eigenvalue weighted by molar-refractivity contribution is 0.0994. The Hall–Kier alpha value is -1.97. The Morgan fingerprint density at radius 3 is 2.79 bits per heavy atom. The van der Waals surface area contributed by atoms with Crippen molar-refractivity contribution in [2.45, 2.75) is 32.6 Å². The molecule has 1 heterocycles. The van der Waals surface area contributed by atoms with Gasteiger partial charge in [0.15, 0.2) is 0 Å². The summed E-state index contributed by atoms with van der Waals surface area (Å²) in [6.07, 6.45) is 10.9. The van der Waals surface area contributed by atoms with Crippen LogP contribution in [0.5, 0.6) is 0 Å². The molecular formula is C15H19FN2O. The third-order valence-electron chi connectivity index (χ3n) is 2.85. The summed E-state index contributed by atoms with van der Waals surface area (Å²) in [6.45, 7) is 4.02. The van der Waals surface area contributed by atoms with Crippen molar-refractivity contribution in [3.05, 3.63) is 53.6 Å². The van der Waals surface area contributed by atoms with E-state index in [9.17, 15) is 9.18 Å². The van der Waals surface area contributed by atoms with Crippen molar-refractivity contribution in [2.24, 2.45) is 5.73 Å². The van der Waals surface area contributed by atoms with Crippen LogP contribution >= 0.6 is 0 Å². The van der Waals surface area contributed by atoms with Crippen LogP contribution in [0.1, 0.15) is 48.5 Å². The molecule has 19 heavy (non-hydrogen) atoms. The molecule has 1 rings (SSSR count). The molecule has 0 radical (unpaired) electrons. The summed E-state index contributed by atoms with van der Waals surface area (Å²) in [5.41, 5.74) is 5.70. The molecule has 0 saturated carbocycles. The average Bonchev–Trinajstić information content (AvgIpc) is 2.38. The van der Waals surface area contributed by atoms with E-state index in [-0.39, 0.29) is 11.5 Å². The number of hydrogen-bond acceptors (Lipinski definition) is 2. The fourth-order valence-electron chi connectivity index (χ4n) is 1.88. The summed E-state index contributed by atoms with van der Waals surface area (Å²) in [7, 11) is 0. The Morgan fingerprint density at radius 1 is 1.47 bits per heavy atom. The van der Waals surface area contributed by atoms with Crippen LogP contribution in [0.4, 0.5) is 4.39 Å². The number of hydrogen-bond donors (Lipinski definition) is 1. The van der Waals surface area contributed by atoms with E-state index >= 15 is 0 Å². The first-order chi connectivity index (χ1) is 9.11. The number of nitrogens with zero attached hydrogens (tertiary/aromatic N) is 1. The molecule has 0 aliphatic rings. The third-order valence-corrected chi connectivity index (χ3v) is 2.85. The van der Waals surface area contributed by atoms with Crippen molar-refractivity contribution < 1.29 is 9.18 Å². The van der Waals surface area contributed by atoms with Crippen molar-refractivity contribution >= 4 is 5.91 Å². The topological polar surface area (TPSA) is 56.0 Å². The number of primary amides is 1. The molecule has 4 heteroatoms. The van der Waals surface area contributed by atoms with Crippen molar-refractivity contribution in [2.75, 3.05) is 0 Å². The maximum Gasteiger partial charge on any atom is 0.253 e. The number of rotatable bonds is 6. The van der Waals surface area contributed by atoms with Gasteiger partial charge in [0.25, 0.3) is 5.91 Å². The molecule has 0 fully saturated rings. The van der Waals surface area contributed by atoms with Crippen LogP contribution in [-0.4, -0.2) is 10.9 Å². The standard InChI is InChI=1S/C15H19FN2O/c1-3-5-6-7-8-11(4-2)12-9-10-18-14(16)13(12)15(17)19/h5-11H,3-4H2,1-2H3,(H2,17,19)/b6-5+,8-7-. The Kier molecular flexibility index (Phi) is 5.93. The van der Waals surface area contributed by atoms with Crippen LogP contribution in [0.3, 0.4) is 0 Å². The van der Waals surface area contributed by atoms with Crippen molar-refractivity contribution in [1.82, 2.24) is 4.98 Å². The van der Waals surface area contributed by atoms with Crippen LogP contribution in [0.25, 0.3) is 0 Å². The number of aromatic nitrogens is 1. The zero-order valence-corrected chi connectivity index (χ0v) is 11.3. The number of allylic oxidation sites excluding steroid dienone is 4. The van der Waals surface area contributed by atoms with E-state index in [4.69, 9.17) is 5.73 Å². The minimum Gasteiger partial charge on any atom is -0.365 e. The molecule has 2 N–H and O–H groups in total. The van der Waals surface area contributed by atoms with Gasteiger partial charge in [-0.1, -0.05) is 38.2 Å². The van der Waals surface area contributed by atoms with Gasteiger partial charge in [0.05, 0.1) is 5.56 Å². The first-order valence-electron chi connectivity index (χ1n) is 6.39. The maximum absolute atomic E-state index is 13.6. The summed E-state index contributed by atoms with van der Waals surface area (Å²) < 4.78 is 13.6. The molecule has 1 aromatic rings. The highest BCUT2D eigenvalue weighted by Gasteiger charge is 2.19. The average molecular weight is 262 g/mol. The van der Waals surface area contributed by atoms with Gasteiger partial charge < -0.3 is 5.73 Å². The van der Waals surface area contributed by atoms with Crippen LogP contribution in [0.15, 0.2) is 36.6 Å². The number of pyridine rings is 1. The number of halogens is 1. The van der Waals surface area contributed by atoms with Gasteiger partial charge in [-0.2, -0.15) is 4.39 Å². The number of nitrogens with two attached hydrogens (primary N) is 1. The Bertz CT molecular complexity index is 495. The van der Waals surface area contributed by atoms with Crippen molar-refractivity contribution in [3.8, 4) is 0 Å². The second kappa shape index (κ2) is 7.46. The van der Waals surface area contributed by atoms with E-state index in [1.165, 1.54) is 6.20 Å². The molecule has 0 aromatic carbocycles. The Labute approximate surface area is 113 Å². The third kappa shape index (κ3) is 4.02. The molecule has 3 nitrogen and oxygen atoms in total. The molecule has 0 bridgehead atoms. The molecule has 1 unspecified atom stereocenters. The molecule has 102 valence electrons. The van der Waals surface area contributed by atoms with E-state index in [1.54, 1.807) is 6.07 Å². The molecule has 1 amide bonds. The van der Waals surface area contributed by atoms with E-state index in [0.29, 0.717) is 5.56 Å². The predicted molar refractivity (Wildman–Crippen MR) is 74.3 cm³/mol. The summed E-state index contributed by atoms with van der Waals surface area (Å²) >= 11 is 0. The molecule has 1 aromatic heterocycles. The molecule has 0 aliphatic carbocycles. The minimum atomic E-state index is -0.805. The lowest BCUT2D eigenvalue weighted by Gasteiger charge is -2.13. The van der Waals surface area contributed by atoms with Gasteiger partial charge in [0.1, 0.15) is 0 Å². The van der Waals surface area contributed by atoms with Gasteiger partial charge in [0.2, 0.25) is 5.95 Å². The van der Waals surface area contributed by atoms with Crippen LogP contribution in [0, 0.1) is 5.95 Å². The summed E-state index contributed by atoms with van der Waals surface area (Å²) in [5, 5.41) is 0. The normalized spacial score (nSPS) is 13.2. The second-order valence-corrected chi connectivity index (χ2v) is 4.17. The van der Waals surface area contributed by atoms with Crippen molar-refractivity contribution in [3.63, 3.8) is 0 Å². The lowest BCUT2D eigenvalue weighted by Crippen LogP contribution is -2.18. The summed E-state index contributed by atoms with van der Waals surface area (Å²) in [6, 6.07) is 1.64. The Balaban J connectivity index is 3.11. The van der Waals surface area contributed by atoms with E-state index in [1.807, 2.05) is 38.2 Å².